The highest BCUT2D eigenvalue weighted by Gasteiger charge is 2.39. The maximum atomic E-state index is 12.5. The third kappa shape index (κ3) is 3.64. The van der Waals surface area contributed by atoms with Gasteiger partial charge in [0.05, 0.1) is 12.1 Å². The van der Waals surface area contributed by atoms with Crippen molar-refractivity contribution in [2.24, 2.45) is 0 Å². The van der Waals surface area contributed by atoms with Crippen molar-refractivity contribution in [1.82, 2.24) is 15.1 Å². The number of nitrogens with one attached hydrogen (secondary N) is 1. The van der Waals surface area contributed by atoms with E-state index < -0.39 is 0 Å². The normalized spacial score (nSPS) is 29.1. The zero-order chi connectivity index (χ0) is 13.9. The molecule has 0 aliphatic carbocycles. The van der Waals surface area contributed by atoms with E-state index in [0.717, 1.165) is 52.0 Å². The van der Waals surface area contributed by atoms with Crippen molar-refractivity contribution < 1.29 is 9.90 Å². The third-order valence-corrected chi connectivity index (χ3v) is 4.64. The quantitative estimate of drug-likeness (QED) is 0.792. The molecular weight excluding hydrogens is 278 g/mol. The highest BCUT2D eigenvalue weighted by Crippen LogP contribution is 2.22. The standard InChI is InChI=1S/C14H27N3O2.ClH/c1-3-12(11-18)16-7-9-17(10-8-16)13(19)14(2)5-4-6-15-14;/h12,15,18H,3-11H2,1-2H3;1H. The van der Waals surface area contributed by atoms with Crippen molar-refractivity contribution >= 4 is 18.3 Å². The minimum Gasteiger partial charge on any atom is -0.395 e. The molecule has 2 heterocycles. The Labute approximate surface area is 128 Å². The van der Waals surface area contributed by atoms with Gasteiger partial charge in [-0.1, -0.05) is 6.92 Å². The number of piperazine rings is 1. The molecule has 0 aromatic heterocycles. The summed E-state index contributed by atoms with van der Waals surface area (Å²) in [6, 6.07) is 0.248. The summed E-state index contributed by atoms with van der Waals surface area (Å²) in [7, 11) is 0. The molecule has 2 atom stereocenters. The van der Waals surface area contributed by atoms with Gasteiger partial charge in [0.25, 0.3) is 0 Å². The fraction of sp³-hybridized carbons (Fsp3) is 0.929. The van der Waals surface area contributed by atoms with E-state index in [0.29, 0.717) is 0 Å². The van der Waals surface area contributed by atoms with Gasteiger partial charge in [0, 0.05) is 32.2 Å². The van der Waals surface area contributed by atoms with Crippen LogP contribution in [0.5, 0.6) is 0 Å². The third-order valence-electron chi connectivity index (χ3n) is 4.64. The second kappa shape index (κ2) is 7.59. The molecule has 0 bridgehead atoms. The Morgan fingerprint density at radius 1 is 1.35 bits per heavy atom. The van der Waals surface area contributed by atoms with Gasteiger partial charge in [0.15, 0.2) is 0 Å². The minimum absolute atomic E-state index is 0. The van der Waals surface area contributed by atoms with Crippen molar-refractivity contribution in [3.05, 3.63) is 0 Å². The predicted molar refractivity (Wildman–Crippen MR) is 82.2 cm³/mol. The van der Waals surface area contributed by atoms with Gasteiger partial charge in [-0.25, -0.2) is 0 Å². The van der Waals surface area contributed by atoms with E-state index in [9.17, 15) is 9.90 Å². The molecule has 0 spiro atoms. The number of amides is 1. The van der Waals surface area contributed by atoms with Crippen molar-refractivity contribution in [3.8, 4) is 0 Å². The van der Waals surface area contributed by atoms with Crippen LogP contribution < -0.4 is 5.32 Å². The first-order chi connectivity index (χ1) is 9.10. The van der Waals surface area contributed by atoms with Crippen LogP contribution in [0.3, 0.4) is 0 Å². The first-order valence-corrected chi connectivity index (χ1v) is 7.50. The molecule has 6 heteroatoms. The Balaban J connectivity index is 0.00000200. The van der Waals surface area contributed by atoms with Gasteiger partial charge >= 0.3 is 0 Å². The van der Waals surface area contributed by atoms with E-state index in [1.165, 1.54) is 0 Å². The number of hydrogen-bond acceptors (Lipinski definition) is 4. The molecular formula is C14H28ClN3O2. The summed E-state index contributed by atoms with van der Waals surface area (Å²) in [5.74, 6) is 0.252. The summed E-state index contributed by atoms with van der Waals surface area (Å²) >= 11 is 0. The van der Waals surface area contributed by atoms with E-state index in [4.69, 9.17) is 0 Å². The second-order valence-corrected chi connectivity index (χ2v) is 5.94. The molecule has 2 fully saturated rings. The van der Waals surface area contributed by atoms with Gasteiger partial charge < -0.3 is 15.3 Å². The maximum absolute atomic E-state index is 12.5. The fourth-order valence-electron chi connectivity index (χ4n) is 3.22. The summed E-state index contributed by atoms with van der Waals surface area (Å²) in [6.07, 6.45) is 2.99. The summed E-state index contributed by atoms with van der Waals surface area (Å²) < 4.78 is 0. The molecule has 2 aliphatic heterocycles. The average Bonchev–Trinajstić information content (AvgIpc) is 2.88. The van der Waals surface area contributed by atoms with Crippen molar-refractivity contribution in [3.63, 3.8) is 0 Å². The van der Waals surface area contributed by atoms with Crippen molar-refractivity contribution in [1.29, 1.82) is 0 Å². The minimum atomic E-state index is -0.344. The van der Waals surface area contributed by atoms with Crippen LogP contribution >= 0.6 is 12.4 Å². The van der Waals surface area contributed by atoms with Crippen LogP contribution in [0.4, 0.5) is 0 Å². The lowest BCUT2D eigenvalue weighted by atomic mass is 9.98. The molecule has 1 amide bonds. The van der Waals surface area contributed by atoms with Crippen LogP contribution in [0.1, 0.15) is 33.1 Å². The van der Waals surface area contributed by atoms with Gasteiger partial charge in [-0.05, 0) is 32.7 Å². The SMILES string of the molecule is CCC(CO)N1CCN(C(=O)C2(C)CCCN2)CC1.Cl. The van der Waals surface area contributed by atoms with E-state index in [1.807, 2.05) is 11.8 Å². The molecule has 0 aromatic rings. The van der Waals surface area contributed by atoms with Crippen LogP contribution in [0, 0.1) is 0 Å². The number of hydrogen-bond donors (Lipinski definition) is 2. The van der Waals surface area contributed by atoms with E-state index in [1.54, 1.807) is 0 Å². The number of halogens is 1. The highest BCUT2D eigenvalue weighted by atomic mass is 35.5. The number of nitrogens with zero attached hydrogens (tertiary/aromatic N) is 2. The van der Waals surface area contributed by atoms with Gasteiger partial charge in [-0.3, -0.25) is 9.69 Å². The lowest BCUT2D eigenvalue weighted by Gasteiger charge is -2.41. The van der Waals surface area contributed by atoms with E-state index in [2.05, 4.69) is 17.1 Å². The lowest BCUT2D eigenvalue weighted by molar-refractivity contribution is -0.139. The Hall–Kier alpha value is -0.360. The van der Waals surface area contributed by atoms with Crippen molar-refractivity contribution in [2.75, 3.05) is 39.3 Å². The fourth-order valence-corrected chi connectivity index (χ4v) is 3.22. The van der Waals surface area contributed by atoms with E-state index in [-0.39, 0.29) is 36.5 Å². The van der Waals surface area contributed by atoms with Crippen LogP contribution in [0.15, 0.2) is 0 Å². The molecule has 2 saturated heterocycles. The second-order valence-electron chi connectivity index (χ2n) is 5.94. The van der Waals surface area contributed by atoms with Crippen LogP contribution in [0.2, 0.25) is 0 Å². The molecule has 0 saturated carbocycles. The number of carbonyl (C=O) groups is 1. The highest BCUT2D eigenvalue weighted by molar-refractivity contribution is 5.86. The van der Waals surface area contributed by atoms with Gasteiger partial charge in [-0.2, -0.15) is 0 Å². The molecule has 0 radical (unpaired) electrons. The summed E-state index contributed by atoms with van der Waals surface area (Å²) in [4.78, 5) is 16.8. The van der Waals surface area contributed by atoms with Crippen molar-refractivity contribution in [2.45, 2.75) is 44.7 Å². The zero-order valence-electron chi connectivity index (χ0n) is 12.6. The first kappa shape index (κ1) is 17.7. The van der Waals surface area contributed by atoms with Gasteiger partial charge in [0.2, 0.25) is 5.91 Å². The molecule has 2 N–H and O–H groups in total. The largest absolute Gasteiger partial charge is 0.395 e. The molecule has 2 rings (SSSR count). The monoisotopic (exact) mass is 305 g/mol. The Kier molecular flexibility index (Phi) is 6.72. The summed E-state index contributed by atoms with van der Waals surface area (Å²) in [6.45, 7) is 8.61. The van der Waals surface area contributed by atoms with E-state index >= 15 is 0 Å². The van der Waals surface area contributed by atoms with Crippen LogP contribution in [0.25, 0.3) is 0 Å². The zero-order valence-corrected chi connectivity index (χ0v) is 13.4. The summed E-state index contributed by atoms with van der Waals surface area (Å²) in [5, 5.41) is 12.7. The number of aliphatic hydroxyl groups excluding tert-OH is 1. The Bertz CT molecular complexity index is 310. The first-order valence-electron chi connectivity index (χ1n) is 7.50. The molecule has 118 valence electrons. The number of carbonyl (C=O) groups excluding carboxylic acids is 1. The lowest BCUT2D eigenvalue weighted by Crippen LogP contribution is -2.59. The Morgan fingerprint density at radius 2 is 2.00 bits per heavy atom. The van der Waals surface area contributed by atoms with Gasteiger partial charge in [-0.15, -0.1) is 12.4 Å². The molecule has 2 aliphatic rings. The number of aliphatic hydroxyl groups is 1. The smallest absolute Gasteiger partial charge is 0.242 e. The predicted octanol–water partition coefficient (Wildman–Crippen LogP) is 0.465. The van der Waals surface area contributed by atoms with Crippen LogP contribution in [-0.4, -0.2) is 71.7 Å². The molecule has 20 heavy (non-hydrogen) atoms. The molecule has 2 unspecified atom stereocenters. The summed E-state index contributed by atoms with van der Waals surface area (Å²) in [5.41, 5.74) is -0.344. The maximum Gasteiger partial charge on any atom is 0.242 e. The molecule has 5 nitrogen and oxygen atoms in total. The molecule has 0 aromatic carbocycles. The Morgan fingerprint density at radius 3 is 2.45 bits per heavy atom. The average molecular weight is 306 g/mol. The van der Waals surface area contributed by atoms with Gasteiger partial charge in [0.1, 0.15) is 0 Å². The van der Waals surface area contributed by atoms with Crippen LogP contribution in [-0.2, 0) is 4.79 Å². The topological polar surface area (TPSA) is 55.8 Å². The number of rotatable bonds is 4.